The van der Waals surface area contributed by atoms with E-state index in [1.54, 1.807) is 11.2 Å². The van der Waals surface area contributed by atoms with Gasteiger partial charge in [-0.2, -0.15) is 0 Å². The second-order valence-electron chi connectivity index (χ2n) is 4.60. The zero-order valence-electron chi connectivity index (χ0n) is 9.78. The Morgan fingerprint density at radius 1 is 1.25 bits per heavy atom. The molecule has 6 heteroatoms. The Balaban J connectivity index is 1.77. The number of sulfonamides is 1. The Kier molecular flexibility index (Phi) is 3.84. The van der Waals surface area contributed by atoms with E-state index in [1.165, 1.54) is 0 Å². The van der Waals surface area contributed by atoms with Gasteiger partial charge >= 0.3 is 0 Å². The maximum atomic E-state index is 11.6. The van der Waals surface area contributed by atoms with E-state index in [0.29, 0.717) is 25.2 Å². The maximum absolute atomic E-state index is 11.6. The summed E-state index contributed by atoms with van der Waals surface area (Å²) in [6, 6.07) is 1.09. The molecule has 2 heterocycles. The molecule has 5 nitrogen and oxygen atoms in total. The second-order valence-corrected chi connectivity index (χ2v) is 6.85. The molecule has 0 amide bonds. The normalized spacial score (nSPS) is 25.6. The van der Waals surface area contributed by atoms with Crippen molar-refractivity contribution in [2.75, 3.05) is 31.9 Å². The summed E-state index contributed by atoms with van der Waals surface area (Å²) in [7, 11) is -2.97. The first-order valence-corrected chi connectivity index (χ1v) is 7.67. The fraction of sp³-hybridized carbons (Fsp3) is 1.00. The highest BCUT2D eigenvalue weighted by Crippen LogP contribution is 2.15. The van der Waals surface area contributed by atoms with Gasteiger partial charge in [0.25, 0.3) is 0 Å². The van der Waals surface area contributed by atoms with E-state index < -0.39 is 10.0 Å². The summed E-state index contributed by atoms with van der Waals surface area (Å²) in [6.45, 7) is 5.16. The van der Waals surface area contributed by atoms with Gasteiger partial charge in [-0.3, -0.25) is 0 Å². The van der Waals surface area contributed by atoms with Crippen LogP contribution in [0.4, 0.5) is 0 Å². The van der Waals surface area contributed by atoms with Crippen LogP contribution in [-0.2, 0) is 10.0 Å². The van der Waals surface area contributed by atoms with E-state index in [2.05, 4.69) is 10.6 Å². The second kappa shape index (κ2) is 5.00. The zero-order valence-corrected chi connectivity index (χ0v) is 10.6. The lowest BCUT2D eigenvalue weighted by Crippen LogP contribution is -2.59. The molecule has 0 radical (unpaired) electrons. The van der Waals surface area contributed by atoms with E-state index in [0.717, 1.165) is 25.9 Å². The van der Waals surface area contributed by atoms with Crippen molar-refractivity contribution in [1.29, 1.82) is 0 Å². The zero-order chi connectivity index (χ0) is 11.6. The molecule has 16 heavy (non-hydrogen) atoms. The van der Waals surface area contributed by atoms with Crippen LogP contribution >= 0.6 is 0 Å². The molecule has 0 bridgehead atoms. The van der Waals surface area contributed by atoms with Gasteiger partial charge in [0.2, 0.25) is 10.0 Å². The van der Waals surface area contributed by atoms with Gasteiger partial charge in [-0.05, 0) is 19.8 Å². The molecular formula is C10H21N3O2S. The first-order chi connectivity index (χ1) is 7.62. The lowest BCUT2D eigenvalue weighted by atomic mass is 10.0. The molecule has 2 rings (SSSR count). The van der Waals surface area contributed by atoms with E-state index >= 15 is 0 Å². The molecule has 2 fully saturated rings. The van der Waals surface area contributed by atoms with Crippen molar-refractivity contribution < 1.29 is 8.42 Å². The molecule has 0 aromatic carbocycles. The summed E-state index contributed by atoms with van der Waals surface area (Å²) < 4.78 is 24.9. The van der Waals surface area contributed by atoms with Gasteiger partial charge in [0, 0.05) is 38.3 Å². The fourth-order valence-corrected chi connectivity index (χ4v) is 3.36. The van der Waals surface area contributed by atoms with Gasteiger partial charge < -0.3 is 10.6 Å². The number of hydrogen-bond donors (Lipinski definition) is 2. The molecule has 0 saturated carbocycles. The minimum absolute atomic E-state index is 0.220. The van der Waals surface area contributed by atoms with Crippen LogP contribution in [0.3, 0.4) is 0 Å². The maximum Gasteiger partial charge on any atom is 0.213 e. The van der Waals surface area contributed by atoms with Gasteiger partial charge in [-0.1, -0.05) is 0 Å². The lowest BCUT2D eigenvalue weighted by molar-refractivity contribution is 0.247. The monoisotopic (exact) mass is 247 g/mol. The third kappa shape index (κ3) is 2.74. The Hall–Kier alpha value is -0.170. The standard InChI is InChI=1S/C10H21N3O2S/c1-2-16(14,15)13-5-3-9(4-6-13)12-10-7-11-8-10/h9-12H,2-8H2,1H3. The van der Waals surface area contributed by atoms with Gasteiger partial charge in [0.1, 0.15) is 0 Å². The van der Waals surface area contributed by atoms with Crippen molar-refractivity contribution >= 4 is 10.0 Å². The molecule has 94 valence electrons. The number of hydrogen-bond acceptors (Lipinski definition) is 4. The highest BCUT2D eigenvalue weighted by Gasteiger charge is 2.28. The van der Waals surface area contributed by atoms with Gasteiger partial charge in [-0.15, -0.1) is 0 Å². The number of nitrogens with zero attached hydrogens (tertiary/aromatic N) is 1. The van der Waals surface area contributed by atoms with Crippen LogP contribution in [0.25, 0.3) is 0 Å². The summed E-state index contributed by atoms with van der Waals surface area (Å²) in [5.41, 5.74) is 0. The van der Waals surface area contributed by atoms with Gasteiger partial charge in [-0.25, -0.2) is 12.7 Å². The van der Waals surface area contributed by atoms with Gasteiger partial charge in [0.15, 0.2) is 0 Å². The largest absolute Gasteiger partial charge is 0.314 e. The predicted molar refractivity (Wildman–Crippen MR) is 63.8 cm³/mol. The van der Waals surface area contributed by atoms with Crippen LogP contribution in [0, 0.1) is 0 Å². The van der Waals surface area contributed by atoms with Crippen molar-refractivity contribution in [3.8, 4) is 0 Å². The van der Waals surface area contributed by atoms with Crippen LogP contribution in [0.15, 0.2) is 0 Å². The van der Waals surface area contributed by atoms with Crippen molar-refractivity contribution in [3.63, 3.8) is 0 Å². The van der Waals surface area contributed by atoms with Crippen LogP contribution in [0.2, 0.25) is 0 Å². The van der Waals surface area contributed by atoms with Crippen LogP contribution in [0.1, 0.15) is 19.8 Å². The minimum atomic E-state index is -2.97. The third-order valence-electron chi connectivity index (χ3n) is 3.46. The molecule has 0 atom stereocenters. The lowest BCUT2D eigenvalue weighted by Gasteiger charge is -2.36. The van der Waals surface area contributed by atoms with E-state index in [1.807, 2.05) is 0 Å². The Labute approximate surface area is 97.6 Å². The number of rotatable bonds is 4. The van der Waals surface area contributed by atoms with E-state index in [-0.39, 0.29) is 5.75 Å². The molecule has 2 N–H and O–H groups in total. The first kappa shape index (κ1) is 12.3. The van der Waals surface area contributed by atoms with Crippen LogP contribution in [0.5, 0.6) is 0 Å². The SMILES string of the molecule is CCS(=O)(=O)N1CCC(NC2CNC2)CC1. The minimum Gasteiger partial charge on any atom is -0.314 e. The third-order valence-corrected chi connectivity index (χ3v) is 5.35. The Morgan fingerprint density at radius 2 is 1.88 bits per heavy atom. The Bertz CT molecular complexity index is 319. The molecule has 2 aliphatic rings. The quantitative estimate of drug-likeness (QED) is 0.694. The topological polar surface area (TPSA) is 61.4 Å². The number of nitrogens with one attached hydrogen (secondary N) is 2. The molecule has 0 aromatic heterocycles. The van der Waals surface area contributed by atoms with Gasteiger partial charge in [0.05, 0.1) is 5.75 Å². The van der Waals surface area contributed by atoms with Crippen LogP contribution in [-0.4, -0.2) is 56.7 Å². The summed E-state index contributed by atoms with van der Waals surface area (Å²) in [4.78, 5) is 0. The smallest absolute Gasteiger partial charge is 0.213 e. The Morgan fingerprint density at radius 3 is 2.31 bits per heavy atom. The summed E-state index contributed by atoms with van der Waals surface area (Å²) in [5, 5.41) is 6.79. The first-order valence-electron chi connectivity index (χ1n) is 6.06. The van der Waals surface area contributed by atoms with Crippen molar-refractivity contribution in [2.24, 2.45) is 0 Å². The van der Waals surface area contributed by atoms with Crippen molar-refractivity contribution in [1.82, 2.24) is 14.9 Å². The molecular weight excluding hydrogens is 226 g/mol. The van der Waals surface area contributed by atoms with Crippen LogP contribution < -0.4 is 10.6 Å². The summed E-state index contributed by atoms with van der Waals surface area (Å²) in [6.07, 6.45) is 1.88. The average molecular weight is 247 g/mol. The highest BCUT2D eigenvalue weighted by molar-refractivity contribution is 7.89. The van der Waals surface area contributed by atoms with E-state index in [4.69, 9.17) is 0 Å². The molecule has 0 spiro atoms. The predicted octanol–water partition coefficient (Wildman–Crippen LogP) is -0.638. The fourth-order valence-electron chi connectivity index (χ4n) is 2.22. The molecule has 2 aliphatic heterocycles. The van der Waals surface area contributed by atoms with E-state index in [9.17, 15) is 8.42 Å². The molecule has 0 unspecified atom stereocenters. The summed E-state index contributed by atoms with van der Waals surface area (Å²) >= 11 is 0. The molecule has 0 aromatic rings. The average Bonchev–Trinajstić information content (AvgIpc) is 2.24. The summed E-state index contributed by atoms with van der Waals surface area (Å²) in [5.74, 6) is 0.220. The molecule has 2 saturated heterocycles. The molecule has 0 aliphatic carbocycles. The van der Waals surface area contributed by atoms with Crippen molar-refractivity contribution in [2.45, 2.75) is 31.8 Å². The highest BCUT2D eigenvalue weighted by atomic mass is 32.2. The van der Waals surface area contributed by atoms with Crippen molar-refractivity contribution in [3.05, 3.63) is 0 Å². The number of piperidine rings is 1.